The van der Waals surface area contributed by atoms with Gasteiger partial charge >= 0.3 is 11.9 Å². The molecule has 4 aliphatic carbocycles. The van der Waals surface area contributed by atoms with Crippen LogP contribution in [0.3, 0.4) is 0 Å². The first-order chi connectivity index (χ1) is 18.5. The van der Waals surface area contributed by atoms with E-state index >= 15 is 0 Å². The van der Waals surface area contributed by atoms with Crippen molar-refractivity contribution < 1.29 is 49.0 Å². The molecule has 4 fully saturated rings. The normalized spacial score (nSPS) is 48.9. The molecule has 0 amide bonds. The Morgan fingerprint density at radius 3 is 2.42 bits per heavy atom. The summed E-state index contributed by atoms with van der Waals surface area (Å²) in [6, 6.07) is 0. The highest BCUT2D eigenvalue weighted by atomic mass is 16.6. The number of ether oxygens (including phenoxy) is 3. The topological polar surface area (TPSA) is 163 Å². The first-order valence-corrected chi connectivity index (χ1v) is 14.2. The first kappa shape index (κ1) is 29.4. The number of ketones is 1. The van der Waals surface area contributed by atoms with Gasteiger partial charge in [0, 0.05) is 34.7 Å². The Morgan fingerprint density at radius 1 is 1.25 bits per heavy atom. The van der Waals surface area contributed by atoms with Gasteiger partial charge in [-0.15, -0.1) is 0 Å². The predicted octanol–water partition coefficient (Wildman–Crippen LogP) is 1.23. The van der Waals surface area contributed by atoms with E-state index in [-0.39, 0.29) is 5.57 Å². The number of aliphatic hydroxyl groups is 4. The Balaban J connectivity index is 1.74. The zero-order valence-corrected chi connectivity index (χ0v) is 24.4. The molecule has 4 N–H and O–H groups in total. The molecule has 3 saturated carbocycles. The maximum atomic E-state index is 13.4. The zero-order chi connectivity index (χ0) is 30.0. The molecule has 10 nitrogen and oxygen atoms in total. The van der Waals surface area contributed by atoms with E-state index in [0.717, 1.165) is 0 Å². The molecule has 12 atom stereocenters. The minimum Gasteiger partial charge on any atom is -0.454 e. The van der Waals surface area contributed by atoms with Crippen LogP contribution in [0.15, 0.2) is 23.3 Å². The molecule has 0 spiro atoms. The van der Waals surface area contributed by atoms with Gasteiger partial charge in [0.15, 0.2) is 17.0 Å². The van der Waals surface area contributed by atoms with Crippen LogP contribution in [-0.2, 0) is 28.6 Å². The maximum absolute atomic E-state index is 13.4. The lowest BCUT2D eigenvalue weighted by Crippen LogP contribution is -2.69. The second kappa shape index (κ2) is 8.70. The highest BCUT2D eigenvalue weighted by Crippen LogP contribution is 2.80. The summed E-state index contributed by atoms with van der Waals surface area (Å²) in [5.74, 6) is -6.16. The minimum atomic E-state index is -2.49. The molecule has 0 radical (unpaired) electrons. The maximum Gasteiger partial charge on any atom is 0.333 e. The lowest BCUT2D eigenvalue weighted by Gasteiger charge is -2.53. The molecule has 0 bridgehead atoms. The van der Waals surface area contributed by atoms with Crippen LogP contribution in [0, 0.1) is 35.0 Å². The summed E-state index contributed by atoms with van der Waals surface area (Å²) < 4.78 is 18.4. The second-order valence-corrected chi connectivity index (χ2v) is 13.3. The SMILES string of the molecule is C/C=C(\C)C(=O)O[C@@H]1[C@@H](C)[C@@]2(O)[C@H]([C@@H]3C(C)(C)[C@]13OC(=O)C(C)CC)[C@@H]1O[C@]1(CO)[C@@H](O)[C@]1(O)C(=O)C(C)=C[C@H]12. The van der Waals surface area contributed by atoms with E-state index in [2.05, 4.69) is 0 Å². The number of hydrogen-bond acceptors (Lipinski definition) is 10. The number of carbonyl (C=O) groups excluding carboxylic acids is 3. The summed E-state index contributed by atoms with van der Waals surface area (Å²) in [5.41, 5.74) is -7.88. The van der Waals surface area contributed by atoms with Crippen molar-refractivity contribution in [3.63, 3.8) is 0 Å². The molecular weight excluding hydrogens is 520 g/mol. The highest BCUT2D eigenvalue weighted by Gasteiger charge is 2.93. The number of allylic oxidation sites excluding steroid dienone is 1. The van der Waals surface area contributed by atoms with Gasteiger partial charge in [-0.2, -0.15) is 0 Å². The number of fused-ring (bicyclic) bond motifs is 7. The Bertz CT molecular complexity index is 1220. The average molecular weight is 563 g/mol. The Kier molecular flexibility index (Phi) is 6.39. The van der Waals surface area contributed by atoms with E-state index in [1.807, 2.05) is 20.8 Å². The van der Waals surface area contributed by atoms with Crippen molar-refractivity contribution in [2.75, 3.05) is 6.61 Å². The van der Waals surface area contributed by atoms with Crippen molar-refractivity contribution in [2.24, 2.45) is 35.0 Å². The number of Topliss-reactive ketones (excluding diaryl/α,β-unsaturated/α-hetero) is 1. The number of hydrogen-bond donors (Lipinski definition) is 4. The van der Waals surface area contributed by atoms with Crippen molar-refractivity contribution in [3.05, 3.63) is 23.3 Å². The van der Waals surface area contributed by atoms with Crippen LogP contribution in [0.4, 0.5) is 0 Å². The van der Waals surface area contributed by atoms with E-state index in [1.54, 1.807) is 33.8 Å². The minimum absolute atomic E-state index is 0.159. The molecule has 222 valence electrons. The van der Waals surface area contributed by atoms with Crippen molar-refractivity contribution >= 4 is 17.7 Å². The molecule has 40 heavy (non-hydrogen) atoms. The fraction of sp³-hybridized carbons (Fsp3) is 0.767. The van der Waals surface area contributed by atoms with Gasteiger partial charge in [0.1, 0.15) is 17.8 Å². The van der Waals surface area contributed by atoms with Gasteiger partial charge in [-0.25, -0.2) is 4.79 Å². The fourth-order valence-electron chi connectivity index (χ4n) is 8.43. The Morgan fingerprint density at radius 2 is 1.88 bits per heavy atom. The number of carbonyl (C=O) groups is 3. The summed E-state index contributed by atoms with van der Waals surface area (Å²) in [4.78, 5) is 39.9. The van der Waals surface area contributed by atoms with Gasteiger partial charge in [0.25, 0.3) is 0 Å². The smallest absolute Gasteiger partial charge is 0.333 e. The lowest BCUT2D eigenvalue weighted by molar-refractivity contribution is -0.245. The van der Waals surface area contributed by atoms with E-state index in [1.165, 1.54) is 13.0 Å². The third-order valence-corrected chi connectivity index (χ3v) is 11.3. The van der Waals surface area contributed by atoms with Crippen molar-refractivity contribution in [1.82, 2.24) is 0 Å². The third-order valence-electron chi connectivity index (χ3n) is 11.3. The summed E-state index contributed by atoms with van der Waals surface area (Å²) in [7, 11) is 0. The monoisotopic (exact) mass is 562 g/mol. The summed E-state index contributed by atoms with van der Waals surface area (Å²) in [6.45, 7) is 13.1. The van der Waals surface area contributed by atoms with Gasteiger partial charge in [-0.1, -0.05) is 46.8 Å². The standard InChI is InChI=1S/C30H42O10/c1-9-13(3)23(33)38-21-16(6)28(36)17-11-15(5)20(32)29(17,37)25(35)27(12-31)22(39-27)18(28)19-26(7,8)30(19,21)40-24(34)14(4)10-2/h9,11,14,16-19,21-22,25,31,35-37H,10,12H2,1-8H3/b13-9+/t14?,16-,17+,18-,19-,21-,22+,25-,27+,28+,29-,30-/m1/s1. The number of esters is 2. The van der Waals surface area contributed by atoms with Crippen LogP contribution in [0.5, 0.6) is 0 Å². The van der Waals surface area contributed by atoms with Crippen molar-refractivity contribution in [3.8, 4) is 0 Å². The van der Waals surface area contributed by atoms with Crippen LogP contribution in [-0.4, -0.2) is 85.5 Å². The largest absolute Gasteiger partial charge is 0.454 e. The van der Waals surface area contributed by atoms with Crippen LogP contribution in [0.25, 0.3) is 0 Å². The second-order valence-electron chi connectivity index (χ2n) is 13.3. The van der Waals surface area contributed by atoms with E-state index in [0.29, 0.717) is 12.0 Å². The quantitative estimate of drug-likeness (QED) is 0.210. The first-order valence-electron chi connectivity index (χ1n) is 14.2. The summed E-state index contributed by atoms with van der Waals surface area (Å²) >= 11 is 0. The molecule has 5 aliphatic rings. The van der Waals surface area contributed by atoms with Gasteiger partial charge in [-0.05, 0) is 32.8 Å². The molecule has 0 aromatic rings. The predicted molar refractivity (Wildman–Crippen MR) is 140 cm³/mol. The van der Waals surface area contributed by atoms with Gasteiger partial charge in [0.2, 0.25) is 0 Å². The lowest BCUT2D eigenvalue weighted by atomic mass is 9.58. The molecule has 0 aromatic carbocycles. The number of rotatable bonds is 6. The zero-order valence-electron chi connectivity index (χ0n) is 24.4. The van der Waals surface area contributed by atoms with Gasteiger partial charge in [0.05, 0.1) is 24.2 Å². The average Bonchev–Trinajstić information content (AvgIpc) is 3.75. The highest BCUT2D eigenvalue weighted by molar-refractivity contribution is 6.05. The van der Waals surface area contributed by atoms with Gasteiger partial charge < -0.3 is 34.6 Å². The molecule has 1 saturated heterocycles. The number of epoxide rings is 1. The van der Waals surface area contributed by atoms with E-state index in [9.17, 15) is 34.8 Å². The Hall–Kier alpha value is -2.11. The Labute approximate surface area is 234 Å². The van der Waals surface area contributed by atoms with Crippen molar-refractivity contribution in [2.45, 2.75) is 103 Å². The van der Waals surface area contributed by atoms with Crippen LogP contribution in [0.2, 0.25) is 0 Å². The van der Waals surface area contributed by atoms with Gasteiger partial charge in [-0.3, -0.25) is 9.59 Å². The fourth-order valence-corrected chi connectivity index (χ4v) is 8.43. The van der Waals surface area contributed by atoms with Crippen LogP contribution < -0.4 is 0 Å². The van der Waals surface area contributed by atoms with Crippen molar-refractivity contribution in [1.29, 1.82) is 0 Å². The van der Waals surface area contributed by atoms with E-state index in [4.69, 9.17) is 14.2 Å². The molecule has 0 aromatic heterocycles. The summed E-state index contributed by atoms with van der Waals surface area (Å²) in [6.07, 6.45) is -0.370. The molecule has 1 heterocycles. The molecule has 1 aliphatic heterocycles. The molecule has 5 rings (SSSR count). The molecule has 1 unspecified atom stereocenters. The van der Waals surface area contributed by atoms with E-state index < -0.39 is 100 Å². The molecular formula is C30H42O10. The molecule has 10 heteroatoms. The van der Waals surface area contributed by atoms with Crippen LogP contribution in [0.1, 0.15) is 61.8 Å². The summed E-state index contributed by atoms with van der Waals surface area (Å²) in [5, 5.41) is 46.8. The third kappa shape index (κ3) is 3.14. The van der Waals surface area contributed by atoms with Crippen LogP contribution >= 0.6 is 0 Å². The number of aliphatic hydroxyl groups excluding tert-OH is 2.